The van der Waals surface area contributed by atoms with Gasteiger partial charge in [-0.1, -0.05) is 6.92 Å². The van der Waals surface area contributed by atoms with Crippen LogP contribution in [0.2, 0.25) is 0 Å². The molecule has 3 N–H and O–H groups in total. The first kappa shape index (κ1) is 13.3. The van der Waals surface area contributed by atoms with Gasteiger partial charge in [-0.3, -0.25) is 14.2 Å². The van der Waals surface area contributed by atoms with E-state index in [4.69, 9.17) is 5.73 Å². The van der Waals surface area contributed by atoms with Crippen LogP contribution in [0.4, 0.5) is 5.82 Å². The third-order valence-corrected chi connectivity index (χ3v) is 2.84. The van der Waals surface area contributed by atoms with E-state index in [2.05, 4.69) is 15.5 Å². The Bertz CT molecular complexity index is 597. The fourth-order valence-electron chi connectivity index (χ4n) is 1.95. The lowest BCUT2D eigenvalue weighted by Crippen LogP contribution is -2.15. The van der Waals surface area contributed by atoms with Crippen molar-refractivity contribution in [1.82, 2.24) is 19.6 Å². The van der Waals surface area contributed by atoms with Crippen LogP contribution < -0.4 is 11.1 Å². The number of anilines is 1. The maximum absolute atomic E-state index is 12.2. The fraction of sp³-hybridized carbons (Fsp3) is 0.417. The molecule has 0 atom stereocenters. The molecule has 1 amide bonds. The van der Waals surface area contributed by atoms with E-state index in [-0.39, 0.29) is 5.91 Å². The molecule has 0 aromatic carbocycles. The molecule has 19 heavy (non-hydrogen) atoms. The summed E-state index contributed by atoms with van der Waals surface area (Å²) in [4.78, 5) is 12.2. The number of carbonyl (C=O) groups excluding carboxylic acids is 1. The second-order valence-electron chi connectivity index (χ2n) is 4.35. The van der Waals surface area contributed by atoms with E-state index in [1.165, 1.54) is 0 Å². The van der Waals surface area contributed by atoms with Crippen molar-refractivity contribution < 1.29 is 4.79 Å². The van der Waals surface area contributed by atoms with Gasteiger partial charge in [0, 0.05) is 38.6 Å². The van der Waals surface area contributed by atoms with Gasteiger partial charge in [-0.25, -0.2) is 0 Å². The summed E-state index contributed by atoms with van der Waals surface area (Å²) in [6, 6.07) is 0. The predicted molar refractivity (Wildman–Crippen MR) is 71.6 cm³/mol. The fourth-order valence-corrected chi connectivity index (χ4v) is 1.95. The van der Waals surface area contributed by atoms with E-state index in [0.717, 1.165) is 11.3 Å². The minimum atomic E-state index is -0.210. The molecule has 0 radical (unpaired) electrons. The lowest BCUT2D eigenvalue weighted by molar-refractivity contribution is 0.102. The summed E-state index contributed by atoms with van der Waals surface area (Å²) in [6.07, 6.45) is 4.20. The zero-order chi connectivity index (χ0) is 14.0. The Morgan fingerprint density at radius 1 is 1.32 bits per heavy atom. The molecule has 2 aromatic rings. The van der Waals surface area contributed by atoms with Crippen molar-refractivity contribution >= 4 is 11.7 Å². The van der Waals surface area contributed by atoms with Crippen LogP contribution in [0.5, 0.6) is 0 Å². The van der Waals surface area contributed by atoms with Crippen molar-refractivity contribution in [2.75, 3.05) is 5.32 Å². The van der Waals surface area contributed by atoms with E-state index in [0.29, 0.717) is 24.3 Å². The van der Waals surface area contributed by atoms with Gasteiger partial charge >= 0.3 is 0 Å². The van der Waals surface area contributed by atoms with Gasteiger partial charge in [0.1, 0.15) is 0 Å². The number of nitrogens with one attached hydrogen (secondary N) is 1. The highest BCUT2D eigenvalue weighted by Gasteiger charge is 2.17. The Kier molecular flexibility index (Phi) is 3.66. The summed E-state index contributed by atoms with van der Waals surface area (Å²) in [5.74, 6) is 0.291. The van der Waals surface area contributed by atoms with Crippen LogP contribution in [0.25, 0.3) is 0 Å². The van der Waals surface area contributed by atoms with Gasteiger partial charge in [-0.2, -0.15) is 10.2 Å². The Hall–Kier alpha value is -2.15. The van der Waals surface area contributed by atoms with Gasteiger partial charge in [0.2, 0.25) is 0 Å². The van der Waals surface area contributed by atoms with Crippen molar-refractivity contribution in [3.63, 3.8) is 0 Å². The molecule has 2 heterocycles. The number of nitrogens with two attached hydrogens (primary N) is 1. The van der Waals surface area contributed by atoms with Gasteiger partial charge in [0.05, 0.1) is 11.3 Å². The van der Waals surface area contributed by atoms with Gasteiger partial charge in [0.25, 0.3) is 5.91 Å². The van der Waals surface area contributed by atoms with Crippen molar-refractivity contribution in [2.24, 2.45) is 19.8 Å². The number of nitrogens with zero attached hydrogens (tertiary/aromatic N) is 4. The zero-order valence-corrected chi connectivity index (χ0v) is 11.3. The minimum Gasteiger partial charge on any atom is -0.326 e. The molecule has 0 aliphatic heterocycles. The molecule has 102 valence electrons. The standard InChI is InChI=1S/C12H18N6O/c1-4-10-9(7-18(3)15-10)12(19)14-11-8(5-13)6-17(2)16-11/h6-7H,4-5,13H2,1-3H3,(H,14,16,19). The maximum atomic E-state index is 12.2. The summed E-state index contributed by atoms with van der Waals surface area (Å²) < 4.78 is 3.26. The summed E-state index contributed by atoms with van der Waals surface area (Å²) in [7, 11) is 3.58. The number of hydrogen-bond acceptors (Lipinski definition) is 4. The van der Waals surface area contributed by atoms with Crippen molar-refractivity contribution in [2.45, 2.75) is 19.9 Å². The Morgan fingerprint density at radius 3 is 2.63 bits per heavy atom. The van der Waals surface area contributed by atoms with Crippen LogP contribution in [-0.2, 0) is 27.1 Å². The molecule has 0 aliphatic carbocycles. The molecule has 0 saturated carbocycles. The molecule has 2 rings (SSSR count). The summed E-state index contributed by atoms with van der Waals surface area (Å²) >= 11 is 0. The number of amides is 1. The predicted octanol–water partition coefficient (Wildman–Crippen LogP) is 0.427. The van der Waals surface area contributed by atoms with E-state index in [1.807, 2.05) is 6.92 Å². The molecule has 2 aromatic heterocycles. The first-order chi connectivity index (χ1) is 9.05. The van der Waals surface area contributed by atoms with Crippen molar-refractivity contribution in [3.05, 3.63) is 29.2 Å². The molecular formula is C12H18N6O. The van der Waals surface area contributed by atoms with E-state index >= 15 is 0 Å². The SMILES string of the molecule is CCc1nn(C)cc1C(=O)Nc1nn(C)cc1CN. The molecule has 0 aliphatic rings. The second-order valence-corrected chi connectivity index (χ2v) is 4.35. The quantitative estimate of drug-likeness (QED) is 0.835. The van der Waals surface area contributed by atoms with Gasteiger partial charge in [-0.05, 0) is 6.42 Å². The molecule has 0 bridgehead atoms. The Balaban J connectivity index is 2.25. The normalized spacial score (nSPS) is 10.7. The molecule has 0 spiro atoms. The van der Waals surface area contributed by atoms with Crippen LogP contribution in [-0.4, -0.2) is 25.5 Å². The van der Waals surface area contributed by atoms with Gasteiger partial charge in [0.15, 0.2) is 5.82 Å². The Labute approximate surface area is 111 Å². The van der Waals surface area contributed by atoms with Gasteiger partial charge < -0.3 is 11.1 Å². The first-order valence-electron chi connectivity index (χ1n) is 6.11. The smallest absolute Gasteiger partial charge is 0.260 e. The monoisotopic (exact) mass is 262 g/mol. The van der Waals surface area contributed by atoms with E-state index in [1.54, 1.807) is 35.9 Å². The number of rotatable bonds is 4. The molecule has 0 saturated heterocycles. The first-order valence-corrected chi connectivity index (χ1v) is 6.11. The highest BCUT2D eigenvalue weighted by atomic mass is 16.1. The second kappa shape index (κ2) is 5.23. The van der Waals surface area contributed by atoms with Crippen LogP contribution >= 0.6 is 0 Å². The summed E-state index contributed by atoms with van der Waals surface area (Å²) in [5.41, 5.74) is 7.76. The number of aryl methyl sites for hydroxylation is 3. The lowest BCUT2D eigenvalue weighted by atomic mass is 10.2. The van der Waals surface area contributed by atoms with Crippen LogP contribution in [0.1, 0.15) is 28.5 Å². The number of aromatic nitrogens is 4. The summed E-state index contributed by atoms with van der Waals surface area (Å²) in [5, 5.41) is 11.2. The summed E-state index contributed by atoms with van der Waals surface area (Å²) in [6.45, 7) is 2.29. The molecular weight excluding hydrogens is 244 g/mol. The third-order valence-electron chi connectivity index (χ3n) is 2.84. The van der Waals surface area contributed by atoms with Crippen molar-refractivity contribution in [3.8, 4) is 0 Å². The zero-order valence-electron chi connectivity index (χ0n) is 11.3. The number of carbonyl (C=O) groups is 1. The topological polar surface area (TPSA) is 90.8 Å². The van der Waals surface area contributed by atoms with E-state index in [9.17, 15) is 4.79 Å². The van der Waals surface area contributed by atoms with Gasteiger partial charge in [-0.15, -0.1) is 0 Å². The largest absolute Gasteiger partial charge is 0.326 e. The minimum absolute atomic E-state index is 0.210. The highest BCUT2D eigenvalue weighted by Crippen LogP contribution is 2.15. The molecule has 0 fully saturated rings. The maximum Gasteiger partial charge on any atom is 0.260 e. The third kappa shape index (κ3) is 2.65. The average Bonchev–Trinajstić information content (AvgIpc) is 2.92. The van der Waals surface area contributed by atoms with Crippen molar-refractivity contribution in [1.29, 1.82) is 0 Å². The van der Waals surface area contributed by atoms with Crippen LogP contribution in [0.15, 0.2) is 12.4 Å². The molecule has 7 nitrogen and oxygen atoms in total. The van der Waals surface area contributed by atoms with E-state index < -0.39 is 0 Å². The van der Waals surface area contributed by atoms with Crippen LogP contribution in [0.3, 0.4) is 0 Å². The molecule has 0 unspecified atom stereocenters. The Morgan fingerprint density at radius 2 is 2.00 bits per heavy atom. The molecule has 7 heteroatoms. The lowest BCUT2D eigenvalue weighted by Gasteiger charge is -2.03. The average molecular weight is 262 g/mol. The number of hydrogen-bond donors (Lipinski definition) is 2. The van der Waals surface area contributed by atoms with Crippen LogP contribution in [0, 0.1) is 0 Å². The highest BCUT2D eigenvalue weighted by molar-refractivity contribution is 6.04.